The number of fused-ring (bicyclic) bond motifs is 1. The summed E-state index contributed by atoms with van der Waals surface area (Å²) in [7, 11) is 1.76. The summed E-state index contributed by atoms with van der Waals surface area (Å²) >= 11 is 0. The number of aromatic nitrogens is 2. The average Bonchev–Trinajstić information content (AvgIpc) is 3.39. The van der Waals surface area contributed by atoms with Crippen molar-refractivity contribution in [2.24, 2.45) is 5.92 Å². The summed E-state index contributed by atoms with van der Waals surface area (Å²) in [6.07, 6.45) is 6.40. The maximum absolute atomic E-state index is 13.3. The molecule has 1 aliphatic heterocycles. The number of hydrogen-bond acceptors (Lipinski definition) is 5. The van der Waals surface area contributed by atoms with Gasteiger partial charge in [-0.25, -0.2) is 4.98 Å². The van der Waals surface area contributed by atoms with E-state index in [4.69, 9.17) is 14.5 Å². The summed E-state index contributed by atoms with van der Waals surface area (Å²) in [4.78, 5) is 22.9. The SMILES string of the molecule is CCOc1cccc(-c2ccc3nc(-c4ccccc4)c(CN4CCN(C(=O)[C@@H]5CCC[C@@H](OC)C5)CC4)n3c2)c1. The van der Waals surface area contributed by atoms with Crippen molar-refractivity contribution in [1.29, 1.82) is 0 Å². The van der Waals surface area contributed by atoms with Crippen LogP contribution >= 0.6 is 0 Å². The molecule has 41 heavy (non-hydrogen) atoms. The van der Waals surface area contributed by atoms with Crippen LogP contribution in [-0.4, -0.2) is 71.1 Å². The topological polar surface area (TPSA) is 59.3 Å². The van der Waals surface area contributed by atoms with Gasteiger partial charge in [-0.1, -0.05) is 48.9 Å². The van der Waals surface area contributed by atoms with Crippen molar-refractivity contribution in [1.82, 2.24) is 19.2 Å². The molecule has 2 aromatic heterocycles. The maximum atomic E-state index is 13.3. The van der Waals surface area contributed by atoms with Crippen molar-refractivity contribution in [3.8, 4) is 28.1 Å². The lowest BCUT2D eigenvalue weighted by Crippen LogP contribution is -2.50. The lowest BCUT2D eigenvalue weighted by Gasteiger charge is -2.38. The first-order valence-electron chi connectivity index (χ1n) is 15.0. The minimum absolute atomic E-state index is 0.100. The van der Waals surface area contributed by atoms with Crippen LogP contribution in [0.25, 0.3) is 28.0 Å². The second-order valence-corrected chi connectivity index (χ2v) is 11.2. The Bertz CT molecular complexity index is 1480. The quantitative estimate of drug-likeness (QED) is 0.272. The number of hydrogen-bond donors (Lipinski definition) is 0. The number of nitrogens with zero attached hydrogens (tertiary/aromatic N) is 4. The van der Waals surface area contributed by atoms with E-state index >= 15 is 0 Å². The minimum atomic E-state index is 0.100. The number of methoxy groups -OCH3 is 1. The van der Waals surface area contributed by atoms with E-state index in [1.54, 1.807) is 7.11 Å². The predicted octanol–water partition coefficient (Wildman–Crippen LogP) is 5.92. The highest BCUT2D eigenvalue weighted by Crippen LogP contribution is 2.31. The first-order chi connectivity index (χ1) is 20.1. The van der Waals surface area contributed by atoms with Gasteiger partial charge in [-0.3, -0.25) is 9.69 Å². The lowest BCUT2D eigenvalue weighted by atomic mass is 9.86. The van der Waals surface area contributed by atoms with Crippen LogP contribution in [0.2, 0.25) is 0 Å². The Kier molecular flexibility index (Phi) is 8.35. The Balaban J connectivity index is 1.24. The molecule has 2 fully saturated rings. The Hall–Kier alpha value is -3.68. The van der Waals surface area contributed by atoms with E-state index in [9.17, 15) is 4.79 Å². The lowest BCUT2D eigenvalue weighted by molar-refractivity contribution is -0.140. The van der Waals surface area contributed by atoms with E-state index in [0.29, 0.717) is 12.5 Å². The molecule has 214 valence electrons. The highest BCUT2D eigenvalue weighted by Gasteiger charge is 2.32. The highest BCUT2D eigenvalue weighted by atomic mass is 16.5. The fourth-order valence-corrected chi connectivity index (χ4v) is 6.35. The van der Waals surface area contributed by atoms with Crippen LogP contribution in [0.4, 0.5) is 0 Å². The van der Waals surface area contributed by atoms with E-state index in [0.717, 1.165) is 92.2 Å². The zero-order valence-electron chi connectivity index (χ0n) is 24.2. The molecule has 7 nitrogen and oxygen atoms in total. The molecular weight excluding hydrogens is 512 g/mol. The summed E-state index contributed by atoms with van der Waals surface area (Å²) in [6, 6.07) is 22.9. The molecule has 1 saturated carbocycles. The molecule has 7 heteroatoms. The highest BCUT2D eigenvalue weighted by molar-refractivity contribution is 5.79. The predicted molar refractivity (Wildman–Crippen MR) is 162 cm³/mol. The van der Waals surface area contributed by atoms with Gasteiger partial charge in [-0.05, 0) is 61.6 Å². The van der Waals surface area contributed by atoms with E-state index in [-0.39, 0.29) is 12.0 Å². The third-order valence-electron chi connectivity index (χ3n) is 8.61. The average molecular weight is 553 g/mol. The maximum Gasteiger partial charge on any atom is 0.225 e. The molecule has 6 rings (SSSR count). The number of ether oxygens (including phenoxy) is 2. The smallest absolute Gasteiger partial charge is 0.225 e. The minimum Gasteiger partial charge on any atom is -0.494 e. The molecule has 0 bridgehead atoms. The van der Waals surface area contributed by atoms with E-state index in [1.165, 1.54) is 5.69 Å². The van der Waals surface area contributed by atoms with Crippen molar-refractivity contribution < 1.29 is 14.3 Å². The number of carbonyl (C=O) groups excluding carboxylic acids is 1. The largest absolute Gasteiger partial charge is 0.494 e. The fraction of sp³-hybridized carbons (Fsp3) is 0.412. The molecule has 2 atom stereocenters. The van der Waals surface area contributed by atoms with Gasteiger partial charge in [0.25, 0.3) is 0 Å². The van der Waals surface area contributed by atoms with Crippen LogP contribution in [0.3, 0.4) is 0 Å². The standard InChI is InChI=1S/C34H40N4O3/c1-3-41-30-14-7-11-26(21-30)28-15-16-32-35-33(25-9-5-4-6-10-25)31(38(32)23-28)24-36-17-19-37(20-18-36)34(39)27-12-8-13-29(22-27)40-2/h4-7,9-11,14-16,21,23,27,29H,3,8,12-13,17-20,22,24H2,1-2H3/t27-,29-/m1/s1. The molecule has 0 N–H and O–H groups in total. The first-order valence-corrected chi connectivity index (χ1v) is 15.0. The van der Waals surface area contributed by atoms with Crippen LogP contribution in [0.15, 0.2) is 72.9 Å². The summed E-state index contributed by atoms with van der Waals surface area (Å²) < 4.78 is 13.6. The Labute approximate surface area is 242 Å². The molecule has 1 aliphatic carbocycles. The third kappa shape index (κ3) is 6.02. The van der Waals surface area contributed by atoms with Gasteiger partial charge in [0.05, 0.1) is 24.1 Å². The number of pyridine rings is 1. The Morgan fingerprint density at radius 3 is 2.51 bits per heavy atom. The molecule has 4 aromatic rings. The molecule has 0 spiro atoms. The van der Waals surface area contributed by atoms with Crippen molar-refractivity contribution in [3.05, 3.63) is 78.6 Å². The molecule has 1 amide bonds. The molecule has 0 radical (unpaired) electrons. The second-order valence-electron chi connectivity index (χ2n) is 11.2. The summed E-state index contributed by atoms with van der Waals surface area (Å²) in [5, 5.41) is 0. The number of benzene rings is 2. The number of imidazole rings is 1. The van der Waals surface area contributed by atoms with Crippen molar-refractivity contribution in [3.63, 3.8) is 0 Å². The van der Waals surface area contributed by atoms with Crippen LogP contribution in [-0.2, 0) is 16.1 Å². The number of rotatable bonds is 8. The normalized spacial score (nSPS) is 19.9. The summed E-state index contributed by atoms with van der Waals surface area (Å²) in [6.45, 7) is 6.64. The van der Waals surface area contributed by atoms with Crippen molar-refractivity contribution in [2.75, 3.05) is 39.9 Å². The van der Waals surface area contributed by atoms with Crippen LogP contribution in [0.1, 0.15) is 38.3 Å². The van der Waals surface area contributed by atoms with Gasteiger partial charge in [-0.15, -0.1) is 0 Å². The molecule has 1 saturated heterocycles. The Morgan fingerprint density at radius 2 is 1.73 bits per heavy atom. The van der Waals surface area contributed by atoms with Crippen LogP contribution < -0.4 is 4.74 Å². The second kappa shape index (κ2) is 12.5. The zero-order valence-corrected chi connectivity index (χ0v) is 24.2. The van der Waals surface area contributed by atoms with Crippen molar-refractivity contribution >= 4 is 11.6 Å². The van der Waals surface area contributed by atoms with Gasteiger partial charge in [0.15, 0.2) is 0 Å². The monoisotopic (exact) mass is 552 g/mol. The van der Waals surface area contributed by atoms with Crippen molar-refractivity contribution in [2.45, 2.75) is 45.3 Å². The van der Waals surface area contributed by atoms with Gasteiger partial charge in [-0.2, -0.15) is 0 Å². The number of carbonyl (C=O) groups is 1. The third-order valence-corrected chi connectivity index (χ3v) is 8.61. The van der Waals surface area contributed by atoms with Gasteiger partial charge in [0, 0.05) is 57.5 Å². The van der Waals surface area contributed by atoms with Crippen LogP contribution in [0, 0.1) is 5.92 Å². The van der Waals surface area contributed by atoms with Gasteiger partial charge >= 0.3 is 0 Å². The zero-order chi connectivity index (χ0) is 28.2. The Morgan fingerprint density at radius 1 is 0.927 bits per heavy atom. The summed E-state index contributed by atoms with van der Waals surface area (Å²) in [5.74, 6) is 1.28. The summed E-state index contributed by atoms with van der Waals surface area (Å²) in [5.41, 5.74) is 6.47. The van der Waals surface area contributed by atoms with Gasteiger partial charge < -0.3 is 18.8 Å². The van der Waals surface area contributed by atoms with E-state index in [2.05, 4.69) is 68.9 Å². The first kappa shape index (κ1) is 27.5. The van der Waals surface area contributed by atoms with Gasteiger partial charge in [0.2, 0.25) is 5.91 Å². The van der Waals surface area contributed by atoms with Gasteiger partial charge in [0.1, 0.15) is 11.4 Å². The van der Waals surface area contributed by atoms with E-state index < -0.39 is 0 Å². The number of amides is 1. The molecule has 2 aliphatic rings. The van der Waals surface area contributed by atoms with Crippen LogP contribution in [0.5, 0.6) is 5.75 Å². The molecule has 0 unspecified atom stereocenters. The number of piperazine rings is 1. The molecule has 3 heterocycles. The molecular formula is C34H40N4O3. The fourth-order valence-electron chi connectivity index (χ4n) is 6.35. The molecule has 2 aromatic carbocycles. The van der Waals surface area contributed by atoms with E-state index in [1.807, 2.05) is 25.1 Å².